The average Bonchev–Trinajstić information content (AvgIpc) is 3.05. The number of hydrogen-bond acceptors (Lipinski definition) is 6. The monoisotopic (exact) mass is 301 g/mol. The second-order valence-electron chi connectivity index (χ2n) is 4.82. The van der Waals surface area contributed by atoms with E-state index in [1.165, 1.54) is 0 Å². The van der Waals surface area contributed by atoms with Crippen molar-refractivity contribution in [3.05, 3.63) is 33.4 Å². The van der Waals surface area contributed by atoms with Gasteiger partial charge in [-0.1, -0.05) is 20.8 Å². The lowest BCUT2D eigenvalue weighted by molar-refractivity contribution is 0.783. The van der Waals surface area contributed by atoms with Crippen molar-refractivity contribution in [2.75, 3.05) is 11.9 Å². The van der Waals surface area contributed by atoms with Crippen molar-refractivity contribution in [2.45, 2.75) is 39.5 Å². The maximum Gasteiger partial charge on any atom is 0.166 e. The average molecular weight is 301 g/mol. The van der Waals surface area contributed by atoms with Crippen LogP contribution in [0.1, 0.15) is 48.5 Å². The van der Waals surface area contributed by atoms with Gasteiger partial charge in [-0.15, -0.1) is 16.4 Å². The van der Waals surface area contributed by atoms with Gasteiger partial charge in [0.05, 0.1) is 10.7 Å². The van der Waals surface area contributed by atoms with E-state index in [0.717, 1.165) is 29.1 Å². The van der Waals surface area contributed by atoms with Gasteiger partial charge in [0.2, 0.25) is 0 Å². The van der Waals surface area contributed by atoms with Gasteiger partial charge in [0.25, 0.3) is 0 Å². The van der Waals surface area contributed by atoms with Crippen molar-refractivity contribution in [1.29, 1.82) is 5.26 Å². The summed E-state index contributed by atoms with van der Waals surface area (Å²) in [5.41, 5.74) is 2.53. The Bertz CT molecular complexity index is 630. The smallest absolute Gasteiger partial charge is 0.166 e. The molecule has 0 aliphatic heterocycles. The van der Waals surface area contributed by atoms with Crippen LogP contribution in [0.3, 0.4) is 0 Å². The Balaban J connectivity index is 2.19. The summed E-state index contributed by atoms with van der Waals surface area (Å²) >= 11 is 1.64. The van der Waals surface area contributed by atoms with E-state index in [1.807, 2.05) is 25.4 Å². The van der Waals surface area contributed by atoms with Crippen molar-refractivity contribution in [2.24, 2.45) is 0 Å². The third-order valence-corrected chi connectivity index (χ3v) is 4.41. The summed E-state index contributed by atoms with van der Waals surface area (Å²) in [5.74, 6) is 0.851. The Kier molecular flexibility index (Phi) is 5.23. The molecule has 0 saturated carbocycles. The number of thiazole rings is 1. The van der Waals surface area contributed by atoms with E-state index in [4.69, 9.17) is 0 Å². The highest BCUT2D eigenvalue weighted by Crippen LogP contribution is 2.22. The van der Waals surface area contributed by atoms with Gasteiger partial charge >= 0.3 is 0 Å². The highest BCUT2D eigenvalue weighted by atomic mass is 32.1. The number of hydrogen-bond donors (Lipinski definition) is 1. The number of nitrogens with one attached hydrogen (secondary N) is 1. The predicted molar refractivity (Wildman–Crippen MR) is 84.5 cm³/mol. The van der Waals surface area contributed by atoms with Crippen LogP contribution in [0.15, 0.2) is 11.6 Å². The van der Waals surface area contributed by atoms with Crippen molar-refractivity contribution in [1.82, 2.24) is 15.2 Å². The molecule has 5 nitrogen and oxygen atoms in total. The fourth-order valence-electron chi connectivity index (χ4n) is 2.23. The molecule has 0 aliphatic rings. The van der Waals surface area contributed by atoms with Gasteiger partial charge in [-0.3, -0.25) is 0 Å². The molecule has 6 heteroatoms. The van der Waals surface area contributed by atoms with Crippen LogP contribution in [0.2, 0.25) is 0 Å². The fraction of sp³-hybridized carbons (Fsp3) is 0.467. The quantitative estimate of drug-likeness (QED) is 0.887. The lowest BCUT2D eigenvalue weighted by atomic mass is 10.0. The van der Waals surface area contributed by atoms with Crippen LogP contribution < -0.4 is 5.32 Å². The molecule has 2 aromatic rings. The van der Waals surface area contributed by atoms with E-state index in [9.17, 15) is 5.26 Å². The first-order chi connectivity index (χ1) is 10.2. The maximum absolute atomic E-state index is 9.43. The van der Waals surface area contributed by atoms with Gasteiger partial charge in [-0.25, -0.2) is 4.98 Å². The number of rotatable bonds is 6. The Morgan fingerprint density at radius 3 is 2.71 bits per heavy atom. The zero-order valence-electron chi connectivity index (χ0n) is 12.6. The summed E-state index contributed by atoms with van der Waals surface area (Å²) in [5, 5.41) is 24.2. The van der Waals surface area contributed by atoms with Crippen LogP contribution in [0.25, 0.3) is 0 Å². The maximum atomic E-state index is 9.43. The van der Waals surface area contributed by atoms with Crippen LogP contribution in [0.5, 0.6) is 0 Å². The molecule has 0 bridgehead atoms. The van der Waals surface area contributed by atoms with E-state index >= 15 is 0 Å². The first-order valence-corrected chi connectivity index (χ1v) is 8.00. The molecule has 0 radical (unpaired) electrons. The molecule has 0 spiro atoms. The van der Waals surface area contributed by atoms with Crippen molar-refractivity contribution in [3.63, 3.8) is 0 Å². The van der Waals surface area contributed by atoms with E-state index in [0.29, 0.717) is 17.9 Å². The first-order valence-electron chi connectivity index (χ1n) is 7.12. The molecular formula is C15H19N5S. The first kappa shape index (κ1) is 15.4. The Morgan fingerprint density at radius 1 is 1.33 bits per heavy atom. The zero-order valence-corrected chi connectivity index (χ0v) is 13.4. The molecule has 21 heavy (non-hydrogen) atoms. The molecule has 0 saturated heterocycles. The van der Waals surface area contributed by atoms with Gasteiger partial charge in [0.15, 0.2) is 5.82 Å². The van der Waals surface area contributed by atoms with E-state index in [-0.39, 0.29) is 5.92 Å². The summed E-state index contributed by atoms with van der Waals surface area (Å²) in [6.45, 7) is 6.86. The predicted octanol–water partition coefficient (Wildman–Crippen LogP) is 3.15. The van der Waals surface area contributed by atoms with Gasteiger partial charge in [0.1, 0.15) is 11.6 Å². The van der Waals surface area contributed by atoms with E-state index in [1.54, 1.807) is 11.3 Å². The van der Waals surface area contributed by atoms with Gasteiger partial charge in [0, 0.05) is 24.0 Å². The highest BCUT2D eigenvalue weighted by molar-refractivity contribution is 7.09. The van der Waals surface area contributed by atoms with Crippen LogP contribution >= 0.6 is 11.3 Å². The molecule has 2 heterocycles. The third-order valence-electron chi connectivity index (χ3n) is 3.41. The molecule has 110 valence electrons. The van der Waals surface area contributed by atoms with E-state index < -0.39 is 0 Å². The Morgan fingerprint density at radius 2 is 2.14 bits per heavy atom. The van der Waals surface area contributed by atoms with Gasteiger partial charge in [-0.05, 0) is 18.4 Å². The molecule has 0 fully saturated rings. The second-order valence-corrected chi connectivity index (χ2v) is 5.75. The van der Waals surface area contributed by atoms with Crippen LogP contribution in [0.4, 0.5) is 5.82 Å². The molecule has 0 aromatic carbocycles. The summed E-state index contributed by atoms with van der Waals surface area (Å²) < 4.78 is 0. The fourth-order valence-corrected chi connectivity index (χ4v) is 2.93. The largest absolute Gasteiger partial charge is 0.367 e. The van der Waals surface area contributed by atoms with Crippen LogP contribution in [-0.4, -0.2) is 21.7 Å². The standard InChI is InChI=1S/C15H19N5S/c1-4-11-12(8-16)14(20-19-13(11)5-2)18-9-10(3)15-17-6-7-21-15/h6-7,10H,4-5,9H2,1-3H3,(H,18,20). The number of nitrogens with zero attached hydrogens (tertiary/aromatic N) is 4. The zero-order chi connectivity index (χ0) is 15.2. The Hall–Kier alpha value is -2.00. The molecule has 0 aliphatic carbocycles. The van der Waals surface area contributed by atoms with E-state index in [2.05, 4.69) is 33.5 Å². The third kappa shape index (κ3) is 3.37. The van der Waals surface area contributed by atoms with Crippen molar-refractivity contribution >= 4 is 17.2 Å². The van der Waals surface area contributed by atoms with Crippen LogP contribution in [-0.2, 0) is 12.8 Å². The van der Waals surface area contributed by atoms with Crippen molar-refractivity contribution in [3.8, 4) is 6.07 Å². The lowest BCUT2D eigenvalue weighted by Gasteiger charge is -2.14. The number of aromatic nitrogens is 3. The number of aryl methyl sites for hydroxylation is 1. The minimum atomic E-state index is 0.272. The molecule has 1 N–H and O–H groups in total. The summed E-state index contributed by atoms with van der Waals surface area (Å²) in [6.07, 6.45) is 3.39. The Labute approximate surface area is 129 Å². The topological polar surface area (TPSA) is 74.5 Å². The summed E-state index contributed by atoms with van der Waals surface area (Å²) in [7, 11) is 0. The normalized spacial score (nSPS) is 11.9. The molecule has 2 rings (SSSR count). The number of anilines is 1. The van der Waals surface area contributed by atoms with Gasteiger partial charge in [-0.2, -0.15) is 10.4 Å². The summed E-state index contributed by atoms with van der Waals surface area (Å²) in [4.78, 5) is 4.31. The van der Waals surface area contributed by atoms with Crippen molar-refractivity contribution < 1.29 is 0 Å². The molecule has 0 amide bonds. The molecule has 1 atom stereocenters. The minimum Gasteiger partial charge on any atom is -0.367 e. The number of nitriles is 1. The summed E-state index contributed by atoms with van der Waals surface area (Å²) in [6, 6.07) is 2.27. The second kappa shape index (κ2) is 7.14. The highest BCUT2D eigenvalue weighted by Gasteiger charge is 2.15. The lowest BCUT2D eigenvalue weighted by Crippen LogP contribution is -2.14. The van der Waals surface area contributed by atoms with Gasteiger partial charge < -0.3 is 5.32 Å². The molecule has 2 aromatic heterocycles. The molecular weight excluding hydrogens is 282 g/mol. The molecule has 1 unspecified atom stereocenters. The van der Waals surface area contributed by atoms with Crippen LogP contribution in [0, 0.1) is 11.3 Å². The minimum absolute atomic E-state index is 0.272. The SMILES string of the molecule is CCc1nnc(NCC(C)c2nccs2)c(C#N)c1CC.